The van der Waals surface area contributed by atoms with Crippen LogP contribution in [0.1, 0.15) is 11.6 Å². The van der Waals surface area contributed by atoms with Gasteiger partial charge in [-0.15, -0.1) is 0 Å². The van der Waals surface area contributed by atoms with E-state index in [1.807, 2.05) is 31.4 Å². The molecule has 17 heavy (non-hydrogen) atoms. The van der Waals surface area contributed by atoms with E-state index >= 15 is 0 Å². The summed E-state index contributed by atoms with van der Waals surface area (Å²) in [4.78, 5) is 11.7. The van der Waals surface area contributed by atoms with Crippen LogP contribution in [-0.2, 0) is 13.6 Å². The van der Waals surface area contributed by atoms with Gasteiger partial charge in [-0.2, -0.15) is 0 Å². The van der Waals surface area contributed by atoms with Gasteiger partial charge in [-0.1, -0.05) is 30.3 Å². The molecule has 4 nitrogen and oxygen atoms in total. The predicted octanol–water partition coefficient (Wildman–Crippen LogP) is 1.15. The maximum Gasteiger partial charge on any atom is 0.327 e. The number of hydrogen-bond acceptors (Lipinski definition) is 2. The smallest absolute Gasteiger partial charge is 0.312 e. The van der Waals surface area contributed by atoms with Gasteiger partial charge in [0.1, 0.15) is 0 Å². The minimum atomic E-state index is 0.0150. The molecule has 1 atom stereocenters. The first-order valence-electron chi connectivity index (χ1n) is 5.66. The molecule has 1 heterocycles. The summed E-state index contributed by atoms with van der Waals surface area (Å²) in [6, 6.07) is 10.3. The first kappa shape index (κ1) is 11.7. The molecule has 0 saturated heterocycles. The van der Waals surface area contributed by atoms with Gasteiger partial charge in [0.15, 0.2) is 0 Å². The van der Waals surface area contributed by atoms with Gasteiger partial charge in [-0.3, -0.25) is 4.57 Å². The van der Waals surface area contributed by atoms with Crippen molar-refractivity contribution in [3.05, 3.63) is 58.8 Å². The highest BCUT2D eigenvalue weighted by molar-refractivity contribution is 5.18. The van der Waals surface area contributed by atoms with Crippen LogP contribution in [0.3, 0.4) is 0 Å². The molecule has 0 bridgehead atoms. The molecule has 0 saturated carbocycles. The average molecular weight is 231 g/mol. The van der Waals surface area contributed by atoms with Crippen LogP contribution in [0.25, 0.3) is 0 Å². The van der Waals surface area contributed by atoms with E-state index < -0.39 is 0 Å². The van der Waals surface area contributed by atoms with Crippen LogP contribution < -0.4 is 11.0 Å². The fraction of sp³-hybridized carbons (Fsp3) is 0.308. The molecule has 0 aliphatic carbocycles. The van der Waals surface area contributed by atoms with E-state index in [4.69, 9.17) is 0 Å². The molecule has 90 valence electrons. The zero-order valence-corrected chi connectivity index (χ0v) is 10.1. The number of rotatable bonds is 4. The summed E-state index contributed by atoms with van der Waals surface area (Å²) in [5.41, 5.74) is 1.20. The number of hydrogen-bond donors (Lipinski definition) is 1. The molecule has 2 aromatic rings. The van der Waals surface area contributed by atoms with Crippen LogP contribution in [0.2, 0.25) is 0 Å². The van der Waals surface area contributed by atoms with E-state index in [9.17, 15) is 4.79 Å². The van der Waals surface area contributed by atoms with Crippen LogP contribution in [0, 0.1) is 0 Å². The Morgan fingerprint density at radius 3 is 2.47 bits per heavy atom. The van der Waals surface area contributed by atoms with Crippen molar-refractivity contribution in [2.75, 3.05) is 7.05 Å². The van der Waals surface area contributed by atoms with Crippen LogP contribution in [0.5, 0.6) is 0 Å². The molecule has 1 aromatic carbocycles. The van der Waals surface area contributed by atoms with E-state index in [0.29, 0.717) is 6.54 Å². The van der Waals surface area contributed by atoms with Gasteiger partial charge in [-0.05, 0) is 12.6 Å². The lowest BCUT2D eigenvalue weighted by atomic mass is 10.1. The number of aryl methyl sites for hydroxylation is 1. The van der Waals surface area contributed by atoms with E-state index in [1.165, 1.54) is 5.56 Å². The van der Waals surface area contributed by atoms with Gasteiger partial charge in [0.05, 0.1) is 6.04 Å². The molecule has 2 rings (SSSR count). The molecule has 0 fully saturated rings. The van der Waals surface area contributed by atoms with E-state index in [2.05, 4.69) is 17.4 Å². The Morgan fingerprint density at radius 2 is 1.94 bits per heavy atom. The van der Waals surface area contributed by atoms with Gasteiger partial charge >= 0.3 is 5.69 Å². The highest BCUT2D eigenvalue weighted by atomic mass is 16.1. The normalized spacial score (nSPS) is 12.6. The Balaban J connectivity index is 2.22. The van der Waals surface area contributed by atoms with Gasteiger partial charge in [0.2, 0.25) is 0 Å². The fourth-order valence-electron chi connectivity index (χ4n) is 1.89. The fourth-order valence-corrected chi connectivity index (χ4v) is 1.89. The van der Waals surface area contributed by atoms with Crippen molar-refractivity contribution >= 4 is 0 Å². The van der Waals surface area contributed by atoms with Crippen LogP contribution >= 0.6 is 0 Å². The molecule has 0 radical (unpaired) electrons. The number of nitrogens with one attached hydrogen (secondary N) is 1. The highest BCUT2D eigenvalue weighted by Crippen LogP contribution is 2.13. The van der Waals surface area contributed by atoms with Crippen molar-refractivity contribution in [2.45, 2.75) is 12.6 Å². The highest BCUT2D eigenvalue weighted by Gasteiger charge is 2.11. The second-order valence-corrected chi connectivity index (χ2v) is 4.10. The Bertz CT molecular complexity index is 527. The lowest BCUT2D eigenvalue weighted by Crippen LogP contribution is -2.29. The molecule has 4 heteroatoms. The Hall–Kier alpha value is -1.81. The lowest BCUT2D eigenvalue weighted by Gasteiger charge is -2.16. The molecule has 0 aliphatic heterocycles. The maximum atomic E-state index is 11.7. The third-order valence-corrected chi connectivity index (χ3v) is 2.95. The summed E-state index contributed by atoms with van der Waals surface area (Å²) in [6.07, 6.45) is 3.59. The molecule has 0 spiro atoms. The van der Waals surface area contributed by atoms with Crippen molar-refractivity contribution in [3.8, 4) is 0 Å². The van der Waals surface area contributed by atoms with Crippen molar-refractivity contribution in [1.29, 1.82) is 0 Å². The standard InChI is InChI=1S/C13H17N3O/c1-14-12(11-6-4-3-5-7-11)10-16-9-8-15(2)13(16)17/h3-9,12,14H,10H2,1-2H3. The second kappa shape index (κ2) is 5.01. The minimum Gasteiger partial charge on any atom is -0.312 e. The third-order valence-electron chi connectivity index (χ3n) is 2.95. The molecule has 1 unspecified atom stereocenters. The van der Waals surface area contributed by atoms with E-state index in [1.54, 1.807) is 22.4 Å². The third kappa shape index (κ3) is 2.47. The number of imidazole rings is 1. The average Bonchev–Trinajstić information content (AvgIpc) is 2.68. The van der Waals surface area contributed by atoms with Gasteiger partial charge in [0, 0.05) is 26.0 Å². The first-order valence-corrected chi connectivity index (χ1v) is 5.66. The number of likely N-dealkylation sites (N-methyl/N-ethyl adjacent to an activating group) is 1. The second-order valence-electron chi connectivity index (χ2n) is 4.10. The Kier molecular flexibility index (Phi) is 3.44. The van der Waals surface area contributed by atoms with Crippen LogP contribution in [0.4, 0.5) is 0 Å². The lowest BCUT2D eigenvalue weighted by molar-refractivity contribution is 0.487. The van der Waals surface area contributed by atoms with Crippen molar-refractivity contribution in [2.24, 2.45) is 7.05 Å². The Labute approximate surface area is 101 Å². The van der Waals surface area contributed by atoms with Gasteiger partial charge < -0.3 is 9.88 Å². The summed E-state index contributed by atoms with van der Waals surface area (Å²) in [5.74, 6) is 0. The minimum absolute atomic E-state index is 0.0150. The molecular formula is C13H17N3O. The predicted molar refractivity (Wildman–Crippen MR) is 67.9 cm³/mol. The summed E-state index contributed by atoms with van der Waals surface area (Å²) >= 11 is 0. The molecule has 1 aromatic heterocycles. The van der Waals surface area contributed by atoms with Crippen molar-refractivity contribution in [1.82, 2.24) is 14.5 Å². The monoisotopic (exact) mass is 231 g/mol. The Morgan fingerprint density at radius 1 is 1.24 bits per heavy atom. The zero-order chi connectivity index (χ0) is 12.3. The van der Waals surface area contributed by atoms with Crippen molar-refractivity contribution < 1.29 is 0 Å². The van der Waals surface area contributed by atoms with Crippen LogP contribution in [0.15, 0.2) is 47.5 Å². The van der Waals surface area contributed by atoms with Gasteiger partial charge in [0.25, 0.3) is 0 Å². The number of nitrogens with zero attached hydrogens (tertiary/aromatic N) is 2. The maximum absolute atomic E-state index is 11.7. The molecule has 0 aliphatic rings. The first-order chi connectivity index (χ1) is 8.22. The molecular weight excluding hydrogens is 214 g/mol. The SMILES string of the molecule is CNC(Cn1ccn(C)c1=O)c1ccccc1. The largest absolute Gasteiger partial charge is 0.327 e. The number of benzene rings is 1. The summed E-state index contributed by atoms with van der Waals surface area (Å²) in [6.45, 7) is 0.639. The topological polar surface area (TPSA) is 39.0 Å². The summed E-state index contributed by atoms with van der Waals surface area (Å²) in [5, 5.41) is 3.23. The number of aromatic nitrogens is 2. The van der Waals surface area contributed by atoms with E-state index in [0.717, 1.165) is 0 Å². The summed E-state index contributed by atoms with van der Waals surface area (Å²) in [7, 11) is 3.67. The van der Waals surface area contributed by atoms with E-state index in [-0.39, 0.29) is 11.7 Å². The van der Waals surface area contributed by atoms with Crippen molar-refractivity contribution in [3.63, 3.8) is 0 Å². The molecule has 1 N–H and O–H groups in total. The quantitative estimate of drug-likeness (QED) is 0.857. The zero-order valence-electron chi connectivity index (χ0n) is 10.1. The molecule has 0 amide bonds. The van der Waals surface area contributed by atoms with Gasteiger partial charge in [-0.25, -0.2) is 4.79 Å². The van der Waals surface area contributed by atoms with Crippen LogP contribution in [-0.4, -0.2) is 16.2 Å². The summed E-state index contributed by atoms with van der Waals surface area (Å²) < 4.78 is 3.30.